The summed E-state index contributed by atoms with van der Waals surface area (Å²) in [6, 6.07) is 0. The smallest absolute Gasteiger partial charge is 0.550 e. The van der Waals surface area contributed by atoms with Crippen LogP contribution in [0.15, 0.2) is 12.2 Å². The molecule has 1 atom stereocenters. The molecular weight excluding hydrogens is 303 g/mol. The third-order valence-electron chi connectivity index (χ3n) is 3.72. The summed E-state index contributed by atoms with van der Waals surface area (Å²) in [6.07, 6.45) is 17.1. The molecule has 0 aromatic rings. The van der Waals surface area contributed by atoms with Gasteiger partial charge >= 0.3 is 51.4 Å². The number of carboxylic acid groups (broad SMARTS) is 1. The number of allylic oxidation sites excluding steroid dienone is 2. The van der Waals surface area contributed by atoms with Crippen molar-refractivity contribution in [2.75, 3.05) is 0 Å². The van der Waals surface area contributed by atoms with Gasteiger partial charge in [-0.05, 0) is 51.4 Å². The number of carbonyl (C=O) groups excluding carboxylic acids is 1. The second-order valence-corrected chi connectivity index (χ2v) is 5.88. The molecule has 1 N–H and O–H groups in total. The van der Waals surface area contributed by atoms with E-state index in [0.717, 1.165) is 19.3 Å². The summed E-state index contributed by atoms with van der Waals surface area (Å²) in [7, 11) is 0. The summed E-state index contributed by atoms with van der Waals surface area (Å²) in [5, 5.41) is 19.9. The van der Waals surface area contributed by atoms with E-state index in [-0.39, 0.29) is 63.9 Å². The molecule has 22 heavy (non-hydrogen) atoms. The Morgan fingerprint density at radius 3 is 2.14 bits per heavy atom. The fourth-order valence-electron chi connectivity index (χ4n) is 2.38. The molecule has 0 amide bonds. The van der Waals surface area contributed by atoms with Crippen molar-refractivity contribution in [1.82, 2.24) is 0 Å². The Labute approximate surface area is 179 Å². The van der Waals surface area contributed by atoms with Gasteiger partial charge in [-0.3, -0.25) is 0 Å². The zero-order chi connectivity index (χ0) is 15.8. The number of hydrogen-bond acceptors (Lipinski definition) is 3. The Kier molecular flexibility index (Phi) is 22.6. The number of unbranched alkanes of at least 4 members (excludes halogenated alkanes) is 7. The maximum Gasteiger partial charge on any atom is 1.00 e. The van der Waals surface area contributed by atoms with Crippen LogP contribution in [0.3, 0.4) is 0 Å². The molecule has 0 radical (unpaired) electrons. The van der Waals surface area contributed by atoms with Gasteiger partial charge < -0.3 is 15.0 Å². The standard InChI is InChI=1S/C18H34O3.K/c1-2-3-4-5-6-7-8-9-10-11-12-14-17(19)15-13-16-18(20)21;/h9-10,17,19H,2-8,11-16H2,1H3,(H,20,21);/q;+1/p-1/b10-9-;. The van der Waals surface area contributed by atoms with Crippen molar-refractivity contribution in [2.24, 2.45) is 0 Å². The molecule has 0 rings (SSSR count). The van der Waals surface area contributed by atoms with Crippen LogP contribution in [0.4, 0.5) is 0 Å². The van der Waals surface area contributed by atoms with Crippen molar-refractivity contribution < 1.29 is 66.4 Å². The van der Waals surface area contributed by atoms with Gasteiger partial charge in [0.25, 0.3) is 0 Å². The van der Waals surface area contributed by atoms with E-state index < -0.39 is 5.97 Å². The fourth-order valence-corrected chi connectivity index (χ4v) is 2.38. The number of aliphatic carboxylic acids is 1. The Morgan fingerprint density at radius 2 is 1.50 bits per heavy atom. The first-order chi connectivity index (χ1) is 10.2. The fraction of sp³-hybridized carbons (Fsp3) is 0.833. The van der Waals surface area contributed by atoms with Crippen LogP contribution >= 0.6 is 0 Å². The molecular formula is C18H33KO3. The molecule has 0 fully saturated rings. The monoisotopic (exact) mass is 336 g/mol. The Morgan fingerprint density at radius 1 is 0.955 bits per heavy atom. The molecule has 0 aliphatic heterocycles. The quantitative estimate of drug-likeness (QED) is 0.273. The normalized spacial score (nSPS) is 12.3. The molecule has 0 saturated carbocycles. The number of aliphatic hydroxyl groups is 1. The van der Waals surface area contributed by atoms with E-state index in [2.05, 4.69) is 19.1 Å². The first kappa shape index (κ1) is 25.1. The predicted molar refractivity (Wildman–Crippen MR) is 85.8 cm³/mol. The van der Waals surface area contributed by atoms with Gasteiger partial charge in [0.2, 0.25) is 0 Å². The van der Waals surface area contributed by atoms with Gasteiger partial charge in [0.05, 0.1) is 6.10 Å². The van der Waals surface area contributed by atoms with Crippen LogP contribution in [0.1, 0.15) is 90.4 Å². The molecule has 1 unspecified atom stereocenters. The minimum atomic E-state index is -1.03. The molecule has 0 heterocycles. The van der Waals surface area contributed by atoms with E-state index in [1.807, 2.05) is 0 Å². The van der Waals surface area contributed by atoms with Crippen molar-refractivity contribution in [3.63, 3.8) is 0 Å². The van der Waals surface area contributed by atoms with Gasteiger partial charge in [0, 0.05) is 5.97 Å². The van der Waals surface area contributed by atoms with E-state index >= 15 is 0 Å². The summed E-state index contributed by atoms with van der Waals surface area (Å²) in [5.74, 6) is -1.03. The Hall–Kier alpha value is 0.806. The Bertz CT molecular complexity index is 267. The molecule has 124 valence electrons. The number of rotatable bonds is 15. The van der Waals surface area contributed by atoms with E-state index in [4.69, 9.17) is 0 Å². The molecule has 0 aromatic heterocycles. The average Bonchev–Trinajstić information content (AvgIpc) is 2.44. The van der Waals surface area contributed by atoms with Gasteiger partial charge in [0.15, 0.2) is 0 Å². The third-order valence-corrected chi connectivity index (χ3v) is 3.72. The maximum absolute atomic E-state index is 10.2. The molecule has 0 saturated heterocycles. The van der Waals surface area contributed by atoms with Crippen LogP contribution in [0.5, 0.6) is 0 Å². The summed E-state index contributed by atoms with van der Waals surface area (Å²) < 4.78 is 0. The molecule has 4 heteroatoms. The van der Waals surface area contributed by atoms with Crippen LogP contribution in [0, 0.1) is 0 Å². The molecule has 0 aromatic carbocycles. The van der Waals surface area contributed by atoms with Crippen molar-refractivity contribution in [3.05, 3.63) is 12.2 Å². The summed E-state index contributed by atoms with van der Waals surface area (Å²) in [4.78, 5) is 10.2. The molecule has 0 aliphatic carbocycles. The number of carboxylic acids is 1. The van der Waals surface area contributed by atoms with Crippen LogP contribution < -0.4 is 56.5 Å². The molecule has 3 nitrogen and oxygen atoms in total. The van der Waals surface area contributed by atoms with Gasteiger partial charge in [-0.25, -0.2) is 0 Å². The maximum atomic E-state index is 10.2. The van der Waals surface area contributed by atoms with Gasteiger partial charge in [0.1, 0.15) is 0 Å². The molecule has 0 spiro atoms. The topological polar surface area (TPSA) is 60.4 Å². The van der Waals surface area contributed by atoms with Crippen LogP contribution in [0.25, 0.3) is 0 Å². The van der Waals surface area contributed by atoms with Gasteiger partial charge in [-0.2, -0.15) is 0 Å². The van der Waals surface area contributed by atoms with Crippen molar-refractivity contribution in [1.29, 1.82) is 0 Å². The van der Waals surface area contributed by atoms with Crippen LogP contribution in [0.2, 0.25) is 0 Å². The van der Waals surface area contributed by atoms with Crippen LogP contribution in [-0.2, 0) is 4.79 Å². The number of hydrogen-bond donors (Lipinski definition) is 1. The van der Waals surface area contributed by atoms with Crippen LogP contribution in [-0.4, -0.2) is 17.2 Å². The minimum Gasteiger partial charge on any atom is -0.550 e. The largest absolute Gasteiger partial charge is 1.00 e. The first-order valence-electron chi connectivity index (χ1n) is 8.69. The molecule has 0 bridgehead atoms. The number of carbonyl (C=O) groups is 1. The second-order valence-electron chi connectivity index (χ2n) is 5.88. The van der Waals surface area contributed by atoms with E-state index in [0.29, 0.717) is 12.8 Å². The zero-order valence-corrected chi connectivity index (χ0v) is 17.8. The van der Waals surface area contributed by atoms with Gasteiger partial charge in [-0.15, -0.1) is 0 Å². The van der Waals surface area contributed by atoms with Crippen molar-refractivity contribution in [3.8, 4) is 0 Å². The van der Waals surface area contributed by atoms with E-state index in [9.17, 15) is 15.0 Å². The predicted octanol–water partition coefficient (Wildman–Crippen LogP) is 0.749. The van der Waals surface area contributed by atoms with Crippen molar-refractivity contribution in [2.45, 2.75) is 96.5 Å². The van der Waals surface area contributed by atoms with Crippen molar-refractivity contribution >= 4 is 5.97 Å². The first-order valence-corrected chi connectivity index (χ1v) is 8.69. The Balaban J connectivity index is 0. The third kappa shape index (κ3) is 20.8. The zero-order valence-electron chi connectivity index (χ0n) is 14.7. The van der Waals surface area contributed by atoms with E-state index in [1.54, 1.807) is 0 Å². The number of aliphatic hydroxyl groups excluding tert-OH is 1. The van der Waals surface area contributed by atoms with E-state index in [1.165, 1.54) is 44.9 Å². The van der Waals surface area contributed by atoms with Gasteiger partial charge in [-0.1, -0.05) is 51.2 Å². The summed E-state index contributed by atoms with van der Waals surface area (Å²) in [5.41, 5.74) is 0. The molecule has 0 aliphatic rings. The average molecular weight is 337 g/mol. The summed E-state index contributed by atoms with van der Waals surface area (Å²) in [6.45, 7) is 2.24. The SMILES string of the molecule is CCCCCCCC/C=C\CCCC(O)CCCC(=O)[O-].[K+]. The summed E-state index contributed by atoms with van der Waals surface area (Å²) >= 11 is 0. The minimum absolute atomic E-state index is 0. The second kappa shape index (κ2) is 19.9.